The van der Waals surface area contributed by atoms with Gasteiger partial charge in [0.1, 0.15) is 0 Å². The van der Waals surface area contributed by atoms with Gasteiger partial charge in [0.05, 0.1) is 0 Å². The Hall–Kier alpha value is -1.54. The Morgan fingerprint density at radius 2 is 1.88 bits per heavy atom. The molecule has 0 radical (unpaired) electrons. The van der Waals surface area contributed by atoms with Crippen LogP contribution in [0.25, 0.3) is 5.69 Å². The summed E-state index contributed by atoms with van der Waals surface area (Å²) in [5.41, 5.74) is 3.70. The molecule has 1 heterocycles. The summed E-state index contributed by atoms with van der Waals surface area (Å²) in [5, 5.41) is 8.85. The fourth-order valence-corrected chi connectivity index (χ4v) is 1.84. The quantitative estimate of drug-likeness (QED) is 0.833. The van der Waals surface area contributed by atoms with Crippen LogP contribution in [-0.4, -0.2) is 16.3 Å². The first-order valence-electron chi connectivity index (χ1n) is 5.65. The Morgan fingerprint density at radius 3 is 2.56 bits per heavy atom. The topological polar surface area (TPSA) is 25.2 Å². The highest BCUT2D eigenvalue weighted by Crippen LogP contribution is 2.14. The molecule has 1 aromatic carbocycles. The number of aromatic nitrogens is 1. The summed E-state index contributed by atoms with van der Waals surface area (Å²) in [6.45, 7) is 2.34. The second-order valence-electron chi connectivity index (χ2n) is 4.03. The molecular weight excluding hydrogens is 198 g/mol. The lowest BCUT2D eigenvalue weighted by atomic mass is 10.2. The van der Waals surface area contributed by atoms with E-state index in [2.05, 4.69) is 48.0 Å². The lowest BCUT2D eigenvalue weighted by Crippen LogP contribution is -2.00. The maximum absolute atomic E-state index is 8.85. The van der Waals surface area contributed by atoms with Crippen molar-refractivity contribution in [2.45, 2.75) is 19.8 Å². The average Bonchev–Trinajstić information content (AvgIpc) is 2.75. The van der Waals surface area contributed by atoms with Crippen molar-refractivity contribution >= 4 is 0 Å². The van der Waals surface area contributed by atoms with E-state index in [4.69, 9.17) is 5.11 Å². The smallest absolute Gasteiger partial charge is 0.0452 e. The fraction of sp³-hybridized carbons (Fsp3) is 0.286. The molecule has 1 N–H and O–H groups in total. The molecule has 1 aromatic heterocycles. The van der Waals surface area contributed by atoms with Gasteiger partial charge in [-0.2, -0.15) is 0 Å². The van der Waals surface area contributed by atoms with Gasteiger partial charge in [-0.15, -0.1) is 0 Å². The normalized spacial score (nSPS) is 10.6. The minimum atomic E-state index is 0.249. The Morgan fingerprint density at radius 1 is 1.12 bits per heavy atom. The summed E-state index contributed by atoms with van der Waals surface area (Å²) in [4.78, 5) is 0. The second-order valence-corrected chi connectivity index (χ2v) is 4.03. The predicted octanol–water partition coefficient (Wildman–Crippen LogP) is 2.71. The molecule has 2 nitrogen and oxygen atoms in total. The van der Waals surface area contributed by atoms with Crippen LogP contribution in [0.5, 0.6) is 0 Å². The number of aliphatic hydroxyl groups excluding tert-OH is 1. The number of hydrogen-bond acceptors (Lipinski definition) is 1. The van der Waals surface area contributed by atoms with E-state index < -0.39 is 0 Å². The van der Waals surface area contributed by atoms with E-state index in [1.165, 1.54) is 16.9 Å². The highest BCUT2D eigenvalue weighted by Gasteiger charge is 2.02. The van der Waals surface area contributed by atoms with Gasteiger partial charge in [-0.1, -0.05) is 17.7 Å². The predicted molar refractivity (Wildman–Crippen MR) is 65.9 cm³/mol. The van der Waals surface area contributed by atoms with Gasteiger partial charge in [0.25, 0.3) is 0 Å². The molecule has 16 heavy (non-hydrogen) atoms. The second kappa shape index (κ2) is 4.99. The number of aliphatic hydroxyl groups is 1. The summed E-state index contributed by atoms with van der Waals surface area (Å²) < 4.78 is 2.18. The van der Waals surface area contributed by atoms with Crippen LogP contribution in [0.4, 0.5) is 0 Å². The van der Waals surface area contributed by atoms with Crippen molar-refractivity contribution in [3.05, 3.63) is 53.9 Å². The number of rotatable bonds is 4. The Kier molecular flexibility index (Phi) is 3.42. The average molecular weight is 215 g/mol. The first-order valence-corrected chi connectivity index (χ1v) is 5.65. The van der Waals surface area contributed by atoms with Crippen LogP contribution in [0.15, 0.2) is 42.6 Å². The molecule has 0 saturated carbocycles. The molecule has 0 bridgehead atoms. The number of benzene rings is 1. The maximum atomic E-state index is 8.85. The molecule has 0 fully saturated rings. The Labute approximate surface area is 96.2 Å². The molecule has 0 atom stereocenters. The van der Waals surface area contributed by atoms with Crippen molar-refractivity contribution in [3.8, 4) is 5.69 Å². The lowest BCUT2D eigenvalue weighted by Gasteiger charge is -2.09. The monoisotopic (exact) mass is 215 g/mol. The summed E-state index contributed by atoms with van der Waals surface area (Å²) in [5.74, 6) is 0. The van der Waals surface area contributed by atoms with E-state index in [1.54, 1.807) is 0 Å². The molecule has 0 amide bonds. The maximum Gasteiger partial charge on any atom is 0.0452 e. The zero-order valence-electron chi connectivity index (χ0n) is 9.56. The zero-order chi connectivity index (χ0) is 11.4. The van der Waals surface area contributed by atoms with Crippen molar-refractivity contribution in [3.63, 3.8) is 0 Å². The first kappa shape index (κ1) is 11.0. The summed E-state index contributed by atoms with van der Waals surface area (Å²) in [7, 11) is 0. The van der Waals surface area contributed by atoms with Gasteiger partial charge in [-0.05, 0) is 44.0 Å². The fourth-order valence-electron chi connectivity index (χ4n) is 1.84. The van der Waals surface area contributed by atoms with Crippen molar-refractivity contribution in [1.82, 2.24) is 4.57 Å². The molecule has 0 aliphatic heterocycles. The molecule has 0 aliphatic carbocycles. The molecule has 2 aromatic rings. The molecule has 0 spiro atoms. The third-order valence-corrected chi connectivity index (χ3v) is 2.74. The number of hydrogen-bond donors (Lipinski definition) is 1. The van der Waals surface area contributed by atoms with E-state index >= 15 is 0 Å². The number of aryl methyl sites for hydroxylation is 2. The molecule has 2 rings (SSSR count). The minimum absolute atomic E-state index is 0.249. The van der Waals surface area contributed by atoms with Crippen LogP contribution in [0, 0.1) is 6.92 Å². The van der Waals surface area contributed by atoms with Gasteiger partial charge in [0.15, 0.2) is 0 Å². The van der Waals surface area contributed by atoms with Gasteiger partial charge in [-0.25, -0.2) is 0 Å². The SMILES string of the molecule is Cc1ccc(-n2cccc2CCCO)cc1. The molecule has 2 heteroatoms. The van der Waals surface area contributed by atoms with Crippen LogP contribution < -0.4 is 0 Å². The summed E-state index contributed by atoms with van der Waals surface area (Å²) in [6.07, 6.45) is 3.80. The van der Waals surface area contributed by atoms with Crippen molar-refractivity contribution in [2.75, 3.05) is 6.61 Å². The molecule has 84 valence electrons. The third-order valence-electron chi connectivity index (χ3n) is 2.74. The van der Waals surface area contributed by atoms with Crippen molar-refractivity contribution in [2.24, 2.45) is 0 Å². The van der Waals surface area contributed by atoms with Crippen LogP contribution in [-0.2, 0) is 6.42 Å². The largest absolute Gasteiger partial charge is 0.396 e. The van der Waals surface area contributed by atoms with Gasteiger partial charge >= 0.3 is 0 Å². The van der Waals surface area contributed by atoms with Crippen LogP contribution in [0.1, 0.15) is 17.7 Å². The highest BCUT2D eigenvalue weighted by atomic mass is 16.2. The van der Waals surface area contributed by atoms with Crippen molar-refractivity contribution in [1.29, 1.82) is 0 Å². The summed E-state index contributed by atoms with van der Waals surface area (Å²) in [6, 6.07) is 12.6. The third kappa shape index (κ3) is 2.34. The zero-order valence-corrected chi connectivity index (χ0v) is 9.56. The minimum Gasteiger partial charge on any atom is -0.396 e. The number of nitrogens with zero attached hydrogens (tertiary/aromatic N) is 1. The molecule has 0 unspecified atom stereocenters. The van der Waals surface area contributed by atoms with E-state index in [9.17, 15) is 0 Å². The van der Waals surface area contributed by atoms with E-state index in [0.717, 1.165) is 12.8 Å². The lowest BCUT2D eigenvalue weighted by molar-refractivity contribution is 0.288. The standard InChI is InChI=1S/C14H17NO/c1-12-6-8-14(9-7-12)15-10-2-4-13(15)5-3-11-16/h2,4,6-10,16H,3,5,11H2,1H3. The van der Waals surface area contributed by atoms with Crippen LogP contribution >= 0.6 is 0 Å². The van der Waals surface area contributed by atoms with Gasteiger partial charge in [-0.3, -0.25) is 0 Å². The van der Waals surface area contributed by atoms with E-state index in [1.807, 2.05) is 6.07 Å². The first-order chi connectivity index (χ1) is 7.81. The van der Waals surface area contributed by atoms with Crippen LogP contribution in [0.3, 0.4) is 0 Å². The van der Waals surface area contributed by atoms with E-state index in [-0.39, 0.29) is 6.61 Å². The Balaban J connectivity index is 2.26. The van der Waals surface area contributed by atoms with Gasteiger partial charge in [0, 0.05) is 24.2 Å². The molecule has 0 aliphatic rings. The molecule has 0 saturated heterocycles. The van der Waals surface area contributed by atoms with Gasteiger partial charge < -0.3 is 9.67 Å². The van der Waals surface area contributed by atoms with Crippen LogP contribution in [0.2, 0.25) is 0 Å². The molecular formula is C14H17NO. The van der Waals surface area contributed by atoms with Crippen molar-refractivity contribution < 1.29 is 5.11 Å². The van der Waals surface area contributed by atoms with Gasteiger partial charge in [0.2, 0.25) is 0 Å². The van der Waals surface area contributed by atoms with E-state index in [0.29, 0.717) is 0 Å². The Bertz CT molecular complexity index is 442. The summed E-state index contributed by atoms with van der Waals surface area (Å²) >= 11 is 0. The highest BCUT2D eigenvalue weighted by molar-refractivity contribution is 5.37.